The lowest BCUT2D eigenvalue weighted by Gasteiger charge is -2.30. The first-order valence-electron chi connectivity index (χ1n) is 9.24. The zero-order valence-corrected chi connectivity index (χ0v) is 18.1. The molecule has 0 saturated heterocycles. The van der Waals surface area contributed by atoms with Crippen LogP contribution in [0.3, 0.4) is 0 Å². The number of hydrogen-bond acceptors (Lipinski definition) is 9. The number of ether oxygens (including phenoxy) is 1. The minimum atomic E-state index is -3.97. The molecule has 3 rings (SSSR count). The topological polar surface area (TPSA) is 137 Å². The van der Waals surface area contributed by atoms with E-state index in [1.807, 2.05) is 0 Å². The number of pyridine rings is 1. The molecule has 0 fully saturated rings. The standard InChI is InChI=1S/C18H20BF2N2O8S/c1-18(32(3,27)28,17-22-31-19(25,26)30-17)6-7-23-10-15(21)13(9-16(23)24)12-5-4-11(29-2)8-14(12)20/h4-5,8-10,25-26H,6-7H2,1-3H3/q-1. The molecule has 174 valence electrons. The number of rotatable bonds is 7. The summed E-state index contributed by atoms with van der Waals surface area (Å²) in [6.45, 7) is -2.93. The summed E-state index contributed by atoms with van der Waals surface area (Å²) in [5.74, 6) is -2.10. The summed E-state index contributed by atoms with van der Waals surface area (Å²) in [5, 5.41) is 22.0. The molecule has 2 aromatic rings. The van der Waals surface area contributed by atoms with E-state index in [4.69, 9.17) is 9.39 Å². The quantitative estimate of drug-likeness (QED) is 0.563. The Morgan fingerprint density at radius 1 is 1.22 bits per heavy atom. The Morgan fingerprint density at radius 2 is 1.91 bits per heavy atom. The Labute approximate surface area is 181 Å². The Bertz CT molecular complexity index is 1250. The van der Waals surface area contributed by atoms with Crippen LogP contribution < -0.4 is 10.3 Å². The Hall–Kier alpha value is -2.97. The molecule has 1 atom stereocenters. The van der Waals surface area contributed by atoms with Crippen molar-refractivity contribution in [3.05, 3.63) is 52.5 Å². The lowest BCUT2D eigenvalue weighted by atomic mass is 10.0. The van der Waals surface area contributed by atoms with Crippen LogP contribution in [0.25, 0.3) is 11.1 Å². The number of hydrogen-bond donors (Lipinski definition) is 2. The van der Waals surface area contributed by atoms with E-state index >= 15 is 0 Å². The van der Waals surface area contributed by atoms with Crippen LogP contribution in [0.15, 0.2) is 40.4 Å². The zero-order chi connectivity index (χ0) is 23.9. The van der Waals surface area contributed by atoms with Gasteiger partial charge in [-0.05, 0) is 25.5 Å². The van der Waals surface area contributed by atoms with Crippen LogP contribution in [-0.4, -0.2) is 54.0 Å². The van der Waals surface area contributed by atoms with Gasteiger partial charge in [0.1, 0.15) is 22.1 Å². The first kappa shape index (κ1) is 23.7. The average Bonchev–Trinajstić information content (AvgIpc) is 3.07. The van der Waals surface area contributed by atoms with Crippen LogP contribution in [0.4, 0.5) is 8.78 Å². The molecule has 1 aliphatic rings. The summed E-state index contributed by atoms with van der Waals surface area (Å²) < 4.78 is 66.6. The van der Waals surface area contributed by atoms with Gasteiger partial charge in [0.05, 0.1) is 7.11 Å². The maximum Gasteiger partial charge on any atom is 0.668 e. The molecule has 0 spiro atoms. The van der Waals surface area contributed by atoms with Crippen molar-refractivity contribution in [3.63, 3.8) is 0 Å². The third-order valence-corrected chi connectivity index (χ3v) is 7.20. The van der Waals surface area contributed by atoms with Crippen molar-refractivity contribution >= 4 is 22.7 Å². The molecule has 1 aromatic heterocycles. The molecule has 32 heavy (non-hydrogen) atoms. The van der Waals surface area contributed by atoms with Crippen LogP contribution in [0, 0.1) is 11.6 Å². The summed E-state index contributed by atoms with van der Waals surface area (Å²) in [5.41, 5.74) is -1.15. The zero-order valence-electron chi connectivity index (χ0n) is 17.3. The maximum absolute atomic E-state index is 14.7. The minimum absolute atomic E-state index is 0.149. The van der Waals surface area contributed by atoms with Crippen molar-refractivity contribution in [1.82, 2.24) is 4.57 Å². The average molecular weight is 473 g/mol. The summed E-state index contributed by atoms with van der Waals surface area (Å²) in [7, 11) is -2.63. The monoisotopic (exact) mass is 473 g/mol. The molecule has 2 N–H and O–H groups in total. The highest BCUT2D eigenvalue weighted by Gasteiger charge is 2.48. The van der Waals surface area contributed by atoms with Crippen LogP contribution in [-0.2, 0) is 25.8 Å². The van der Waals surface area contributed by atoms with E-state index in [-0.39, 0.29) is 29.8 Å². The number of benzene rings is 1. The molecule has 2 heterocycles. The molecule has 1 aliphatic heterocycles. The smallest absolute Gasteiger partial charge is 0.620 e. The van der Waals surface area contributed by atoms with E-state index in [1.54, 1.807) is 0 Å². The van der Waals surface area contributed by atoms with Crippen LogP contribution in [0.1, 0.15) is 13.3 Å². The highest BCUT2D eigenvalue weighted by molar-refractivity contribution is 7.92. The van der Waals surface area contributed by atoms with Gasteiger partial charge in [-0.1, -0.05) is 5.16 Å². The molecule has 14 heteroatoms. The van der Waals surface area contributed by atoms with Crippen molar-refractivity contribution in [2.75, 3.05) is 13.4 Å². The fraction of sp³-hybridized carbons (Fsp3) is 0.333. The number of halogens is 2. The van der Waals surface area contributed by atoms with E-state index in [0.29, 0.717) is 0 Å². The number of nitrogens with zero attached hydrogens (tertiary/aromatic N) is 2. The van der Waals surface area contributed by atoms with Gasteiger partial charge in [-0.25, -0.2) is 17.2 Å². The Morgan fingerprint density at radius 3 is 2.44 bits per heavy atom. The first-order chi connectivity index (χ1) is 14.8. The van der Waals surface area contributed by atoms with Crippen LogP contribution >= 0.6 is 0 Å². The third-order valence-electron chi connectivity index (χ3n) is 5.18. The second-order valence-corrected chi connectivity index (χ2v) is 9.86. The number of sulfone groups is 1. The highest BCUT2D eigenvalue weighted by atomic mass is 32.2. The van der Waals surface area contributed by atoms with Crippen LogP contribution in [0.2, 0.25) is 0 Å². The van der Waals surface area contributed by atoms with Gasteiger partial charge in [-0.3, -0.25) is 4.79 Å². The molecular weight excluding hydrogens is 453 g/mol. The van der Waals surface area contributed by atoms with E-state index in [9.17, 15) is 32.0 Å². The van der Waals surface area contributed by atoms with Gasteiger partial charge in [0.25, 0.3) is 5.56 Å². The molecule has 0 aliphatic carbocycles. The normalized spacial score (nSPS) is 17.2. The molecule has 0 radical (unpaired) electrons. The van der Waals surface area contributed by atoms with Crippen molar-refractivity contribution in [1.29, 1.82) is 0 Å². The SMILES string of the molecule is COc1ccc(-c2cc(=O)n(CCC(C)(C3=NO[B-](O)(O)O3)S(C)(=O)=O)cc2F)c(F)c1. The lowest BCUT2D eigenvalue weighted by molar-refractivity contribution is 0.102. The number of oxime groups is 1. The first-order valence-corrected chi connectivity index (χ1v) is 11.1. The highest BCUT2D eigenvalue weighted by Crippen LogP contribution is 2.30. The van der Waals surface area contributed by atoms with E-state index in [0.717, 1.165) is 29.2 Å². The van der Waals surface area contributed by atoms with Gasteiger partial charge in [-0.2, -0.15) is 0 Å². The predicted octanol–water partition coefficient (Wildman–Crippen LogP) is 0.776. The Kier molecular flexibility index (Phi) is 6.06. The van der Waals surface area contributed by atoms with E-state index in [1.165, 1.54) is 26.2 Å². The van der Waals surface area contributed by atoms with E-state index in [2.05, 4.69) is 9.91 Å². The van der Waals surface area contributed by atoms with Crippen molar-refractivity contribution < 1.29 is 41.4 Å². The van der Waals surface area contributed by atoms with Gasteiger partial charge in [-0.15, -0.1) is 0 Å². The second-order valence-electron chi connectivity index (χ2n) is 7.42. The molecule has 1 aromatic carbocycles. The molecule has 0 saturated carbocycles. The van der Waals surface area contributed by atoms with Gasteiger partial charge in [0.2, 0.25) is 0 Å². The van der Waals surface area contributed by atoms with Crippen molar-refractivity contribution in [2.45, 2.75) is 24.6 Å². The fourth-order valence-corrected chi connectivity index (χ4v) is 3.94. The lowest BCUT2D eigenvalue weighted by Crippen LogP contribution is -2.48. The maximum atomic E-state index is 14.7. The molecular formula is C18H20BF2N2O8S-. The number of methoxy groups -OCH3 is 1. The van der Waals surface area contributed by atoms with Crippen molar-refractivity contribution in [2.24, 2.45) is 5.16 Å². The van der Waals surface area contributed by atoms with Crippen LogP contribution in [0.5, 0.6) is 5.75 Å². The van der Waals surface area contributed by atoms with Gasteiger partial charge in [0, 0.05) is 42.3 Å². The van der Waals surface area contributed by atoms with Gasteiger partial charge in [0.15, 0.2) is 15.7 Å². The van der Waals surface area contributed by atoms with Crippen molar-refractivity contribution in [3.8, 4) is 16.9 Å². The fourth-order valence-electron chi connectivity index (χ4n) is 3.08. The number of aryl methyl sites for hydroxylation is 1. The molecule has 1 unspecified atom stereocenters. The molecule has 0 amide bonds. The largest absolute Gasteiger partial charge is 0.668 e. The number of aromatic nitrogens is 1. The molecule has 0 bridgehead atoms. The summed E-state index contributed by atoms with van der Waals surface area (Å²) in [6.07, 6.45) is 1.33. The summed E-state index contributed by atoms with van der Waals surface area (Å²) in [4.78, 5) is 12.5. The molecule has 10 nitrogen and oxygen atoms in total. The third kappa shape index (κ3) is 4.47. The van der Waals surface area contributed by atoms with Gasteiger partial charge >= 0.3 is 6.96 Å². The minimum Gasteiger partial charge on any atom is -0.620 e. The summed E-state index contributed by atoms with van der Waals surface area (Å²) in [6, 6.07) is 4.62. The Balaban J connectivity index is 1.91. The predicted molar refractivity (Wildman–Crippen MR) is 110 cm³/mol. The second kappa shape index (κ2) is 8.18. The van der Waals surface area contributed by atoms with E-state index < -0.39 is 44.6 Å². The summed E-state index contributed by atoms with van der Waals surface area (Å²) >= 11 is 0. The van der Waals surface area contributed by atoms with Gasteiger partial charge < -0.3 is 28.8 Å².